The third-order valence-electron chi connectivity index (χ3n) is 2.97. The van der Waals surface area contributed by atoms with Gasteiger partial charge in [0.25, 0.3) is 5.69 Å². The van der Waals surface area contributed by atoms with Gasteiger partial charge in [0, 0.05) is 23.2 Å². The molecule has 1 aliphatic carbocycles. The zero-order valence-corrected chi connectivity index (χ0v) is 8.14. The van der Waals surface area contributed by atoms with Crippen molar-refractivity contribution in [2.24, 2.45) is 5.73 Å². The first-order chi connectivity index (χ1) is 7.03. The van der Waals surface area contributed by atoms with Crippen LogP contribution in [0.1, 0.15) is 24.8 Å². The van der Waals surface area contributed by atoms with Crippen LogP contribution in [0.5, 0.6) is 5.75 Å². The van der Waals surface area contributed by atoms with Crippen LogP contribution < -0.4 is 5.73 Å². The number of nitro groups is 1. The number of phenols is 1. The van der Waals surface area contributed by atoms with Crippen molar-refractivity contribution in [3.05, 3.63) is 33.9 Å². The van der Waals surface area contributed by atoms with E-state index >= 15 is 0 Å². The van der Waals surface area contributed by atoms with E-state index < -0.39 is 10.5 Å². The first-order valence-corrected chi connectivity index (χ1v) is 4.80. The topological polar surface area (TPSA) is 89.4 Å². The molecule has 1 fully saturated rings. The predicted molar refractivity (Wildman–Crippen MR) is 54.5 cm³/mol. The highest BCUT2D eigenvalue weighted by molar-refractivity contribution is 5.47. The van der Waals surface area contributed by atoms with Gasteiger partial charge in [-0.1, -0.05) is 0 Å². The van der Waals surface area contributed by atoms with Crippen molar-refractivity contribution in [1.82, 2.24) is 0 Å². The van der Waals surface area contributed by atoms with Gasteiger partial charge in [-0.3, -0.25) is 10.1 Å². The molecule has 5 heteroatoms. The molecule has 0 bridgehead atoms. The fourth-order valence-corrected chi connectivity index (χ4v) is 1.86. The standard InChI is InChI=1S/C10H12N2O3/c11-10(4-1-5-10)8-6-7(12(14)15)2-3-9(8)13/h2-3,6,13H,1,4-5,11H2. The minimum Gasteiger partial charge on any atom is -0.508 e. The van der Waals surface area contributed by atoms with Crippen LogP contribution in [0.15, 0.2) is 18.2 Å². The first-order valence-electron chi connectivity index (χ1n) is 4.80. The van der Waals surface area contributed by atoms with Gasteiger partial charge >= 0.3 is 0 Å². The van der Waals surface area contributed by atoms with Crippen molar-refractivity contribution in [3.8, 4) is 5.75 Å². The molecule has 0 spiro atoms. The molecular weight excluding hydrogens is 196 g/mol. The van der Waals surface area contributed by atoms with Crippen LogP contribution in [-0.2, 0) is 5.54 Å². The Balaban J connectivity index is 2.45. The molecule has 3 N–H and O–H groups in total. The van der Waals surface area contributed by atoms with Crippen LogP contribution >= 0.6 is 0 Å². The van der Waals surface area contributed by atoms with E-state index in [0.29, 0.717) is 5.56 Å². The summed E-state index contributed by atoms with van der Waals surface area (Å²) >= 11 is 0. The lowest BCUT2D eigenvalue weighted by Crippen LogP contribution is -2.43. The summed E-state index contributed by atoms with van der Waals surface area (Å²) in [6.07, 6.45) is 2.53. The molecule has 5 nitrogen and oxygen atoms in total. The van der Waals surface area contributed by atoms with Crippen LogP contribution in [0, 0.1) is 10.1 Å². The van der Waals surface area contributed by atoms with Crippen LogP contribution in [-0.4, -0.2) is 10.0 Å². The lowest BCUT2D eigenvalue weighted by molar-refractivity contribution is -0.385. The van der Waals surface area contributed by atoms with Gasteiger partial charge in [0.05, 0.1) is 4.92 Å². The monoisotopic (exact) mass is 208 g/mol. The number of hydrogen-bond acceptors (Lipinski definition) is 4. The maximum absolute atomic E-state index is 10.6. The molecule has 1 aliphatic rings. The van der Waals surface area contributed by atoms with E-state index in [4.69, 9.17) is 5.73 Å². The van der Waals surface area contributed by atoms with Gasteiger partial charge in [-0.2, -0.15) is 0 Å². The van der Waals surface area contributed by atoms with Gasteiger partial charge in [-0.05, 0) is 25.3 Å². The molecule has 15 heavy (non-hydrogen) atoms. The van der Waals surface area contributed by atoms with Crippen molar-refractivity contribution in [2.75, 3.05) is 0 Å². The smallest absolute Gasteiger partial charge is 0.270 e. The Hall–Kier alpha value is -1.62. The van der Waals surface area contributed by atoms with E-state index in [0.717, 1.165) is 19.3 Å². The fraction of sp³-hybridized carbons (Fsp3) is 0.400. The lowest BCUT2D eigenvalue weighted by atomic mass is 9.72. The van der Waals surface area contributed by atoms with Gasteiger partial charge < -0.3 is 10.8 Å². The highest BCUT2D eigenvalue weighted by Crippen LogP contribution is 2.43. The summed E-state index contributed by atoms with van der Waals surface area (Å²) in [6, 6.07) is 3.98. The third-order valence-corrected chi connectivity index (χ3v) is 2.97. The lowest BCUT2D eigenvalue weighted by Gasteiger charge is -2.38. The Morgan fingerprint density at radius 1 is 1.47 bits per heavy atom. The number of hydrogen-bond donors (Lipinski definition) is 2. The Bertz CT molecular complexity index is 413. The SMILES string of the molecule is NC1(c2cc([N+](=O)[O-])ccc2O)CCC1. The molecule has 1 aromatic carbocycles. The highest BCUT2D eigenvalue weighted by atomic mass is 16.6. The van der Waals surface area contributed by atoms with Crippen LogP contribution in [0.3, 0.4) is 0 Å². The minimum absolute atomic E-state index is 0.0282. The van der Waals surface area contributed by atoms with E-state index in [9.17, 15) is 15.2 Å². The maximum Gasteiger partial charge on any atom is 0.270 e. The molecule has 0 heterocycles. The molecule has 80 valence electrons. The van der Waals surface area contributed by atoms with E-state index in [-0.39, 0.29) is 11.4 Å². The Morgan fingerprint density at radius 3 is 2.60 bits per heavy atom. The van der Waals surface area contributed by atoms with Gasteiger partial charge in [-0.25, -0.2) is 0 Å². The molecule has 2 rings (SSSR count). The largest absolute Gasteiger partial charge is 0.508 e. The van der Waals surface area contributed by atoms with Gasteiger partial charge in [0.1, 0.15) is 5.75 Å². The Labute approximate surface area is 86.7 Å². The molecule has 0 atom stereocenters. The summed E-state index contributed by atoms with van der Waals surface area (Å²) in [7, 11) is 0. The number of rotatable bonds is 2. The Morgan fingerprint density at radius 2 is 2.13 bits per heavy atom. The van der Waals surface area contributed by atoms with Crippen LogP contribution in [0.2, 0.25) is 0 Å². The average Bonchev–Trinajstić information content (AvgIpc) is 2.14. The fourth-order valence-electron chi connectivity index (χ4n) is 1.86. The van der Waals surface area contributed by atoms with Crippen molar-refractivity contribution < 1.29 is 10.0 Å². The Kier molecular flexibility index (Phi) is 2.12. The average molecular weight is 208 g/mol. The molecule has 0 amide bonds. The summed E-state index contributed by atoms with van der Waals surface area (Å²) in [5.41, 5.74) is 5.90. The summed E-state index contributed by atoms with van der Waals surface area (Å²) < 4.78 is 0. The van der Waals surface area contributed by atoms with Gasteiger partial charge in [0.2, 0.25) is 0 Å². The third kappa shape index (κ3) is 1.55. The molecule has 0 saturated heterocycles. The second-order valence-corrected chi connectivity index (χ2v) is 3.97. The van der Waals surface area contributed by atoms with Crippen molar-refractivity contribution in [1.29, 1.82) is 0 Å². The van der Waals surface area contributed by atoms with Crippen LogP contribution in [0.4, 0.5) is 5.69 Å². The highest BCUT2D eigenvalue weighted by Gasteiger charge is 2.37. The quantitative estimate of drug-likeness (QED) is 0.571. The summed E-state index contributed by atoms with van der Waals surface area (Å²) in [6.45, 7) is 0. The van der Waals surface area contributed by atoms with Gasteiger partial charge in [0.15, 0.2) is 0 Å². The van der Waals surface area contributed by atoms with E-state index in [1.54, 1.807) is 0 Å². The molecule has 0 radical (unpaired) electrons. The molecule has 1 aromatic rings. The minimum atomic E-state index is -0.573. The second kappa shape index (κ2) is 3.20. The van der Waals surface area contributed by atoms with E-state index in [2.05, 4.69) is 0 Å². The van der Waals surface area contributed by atoms with Crippen molar-refractivity contribution >= 4 is 5.69 Å². The molecule has 0 unspecified atom stereocenters. The normalized spacial score (nSPS) is 18.2. The summed E-state index contributed by atoms with van der Waals surface area (Å²) in [5, 5.41) is 20.2. The zero-order chi connectivity index (χ0) is 11.1. The number of phenolic OH excluding ortho intramolecular Hbond substituents is 1. The number of nitrogens with two attached hydrogens (primary N) is 1. The predicted octanol–water partition coefficient (Wildman–Crippen LogP) is 1.64. The molecular formula is C10H12N2O3. The van der Waals surface area contributed by atoms with Gasteiger partial charge in [-0.15, -0.1) is 0 Å². The zero-order valence-electron chi connectivity index (χ0n) is 8.14. The first kappa shape index (κ1) is 9.92. The molecule has 1 saturated carbocycles. The molecule has 0 aromatic heterocycles. The number of non-ortho nitro benzene ring substituents is 1. The summed E-state index contributed by atoms with van der Waals surface area (Å²) in [4.78, 5) is 10.1. The summed E-state index contributed by atoms with van der Waals surface area (Å²) in [5.74, 6) is 0.0443. The van der Waals surface area contributed by atoms with E-state index in [1.807, 2.05) is 0 Å². The number of nitro benzene ring substituents is 1. The van der Waals surface area contributed by atoms with Crippen molar-refractivity contribution in [2.45, 2.75) is 24.8 Å². The number of nitrogens with zero attached hydrogens (tertiary/aromatic N) is 1. The van der Waals surface area contributed by atoms with E-state index in [1.165, 1.54) is 18.2 Å². The number of benzene rings is 1. The second-order valence-electron chi connectivity index (χ2n) is 3.97. The number of aromatic hydroxyl groups is 1. The van der Waals surface area contributed by atoms with Crippen LogP contribution in [0.25, 0.3) is 0 Å². The van der Waals surface area contributed by atoms with Crippen molar-refractivity contribution in [3.63, 3.8) is 0 Å². The maximum atomic E-state index is 10.6. The molecule has 0 aliphatic heterocycles.